The lowest BCUT2D eigenvalue weighted by Crippen LogP contribution is -2.37. The first-order valence-electron chi connectivity index (χ1n) is 9.01. The van der Waals surface area contributed by atoms with Crippen LogP contribution < -0.4 is 5.32 Å². The molecule has 1 saturated carbocycles. The maximum atomic E-state index is 12.1. The van der Waals surface area contributed by atoms with E-state index >= 15 is 0 Å². The predicted molar refractivity (Wildman–Crippen MR) is 102 cm³/mol. The van der Waals surface area contributed by atoms with E-state index in [9.17, 15) is 4.79 Å². The second kappa shape index (κ2) is 7.53. The van der Waals surface area contributed by atoms with Gasteiger partial charge in [-0.15, -0.1) is 10.2 Å². The van der Waals surface area contributed by atoms with Crippen LogP contribution in [-0.4, -0.2) is 32.5 Å². The molecular formula is C19H22N4O2S. The summed E-state index contributed by atoms with van der Waals surface area (Å²) in [5, 5.41) is 12.9. The Morgan fingerprint density at radius 1 is 1.27 bits per heavy atom. The van der Waals surface area contributed by atoms with Crippen LogP contribution in [0.15, 0.2) is 40.0 Å². The largest absolute Gasteiger partial charge is 0.410 e. The Morgan fingerprint density at radius 3 is 2.88 bits per heavy atom. The number of aryl methyl sites for hydroxylation is 1. The van der Waals surface area contributed by atoms with E-state index in [0.29, 0.717) is 22.9 Å². The Hall–Kier alpha value is -2.28. The SMILES string of the molecule is Cn1c(-c2nnc(SCC(=O)NC3CCCCC3)o2)cc2ccccc21. The van der Waals surface area contributed by atoms with Crippen molar-refractivity contribution in [2.45, 2.75) is 43.4 Å². The van der Waals surface area contributed by atoms with Crippen LogP contribution in [0.5, 0.6) is 0 Å². The Balaban J connectivity index is 1.39. The van der Waals surface area contributed by atoms with Gasteiger partial charge in [-0.3, -0.25) is 4.79 Å². The predicted octanol–water partition coefficient (Wildman–Crippen LogP) is 3.77. The molecule has 136 valence electrons. The summed E-state index contributed by atoms with van der Waals surface area (Å²) in [6.45, 7) is 0. The van der Waals surface area contributed by atoms with Crippen LogP contribution in [0, 0.1) is 0 Å². The van der Waals surface area contributed by atoms with E-state index in [1.54, 1.807) is 0 Å². The fraction of sp³-hybridized carbons (Fsp3) is 0.421. The quantitative estimate of drug-likeness (QED) is 0.692. The monoisotopic (exact) mass is 370 g/mol. The van der Waals surface area contributed by atoms with E-state index < -0.39 is 0 Å². The molecule has 3 aromatic rings. The van der Waals surface area contributed by atoms with Gasteiger partial charge in [0, 0.05) is 24.0 Å². The van der Waals surface area contributed by atoms with Crippen LogP contribution in [0.1, 0.15) is 32.1 Å². The molecule has 6 nitrogen and oxygen atoms in total. The van der Waals surface area contributed by atoms with Gasteiger partial charge in [0.1, 0.15) is 5.69 Å². The molecule has 0 spiro atoms. The second-order valence-corrected chi connectivity index (χ2v) is 7.64. The fourth-order valence-electron chi connectivity index (χ4n) is 3.51. The lowest BCUT2D eigenvalue weighted by Gasteiger charge is -2.22. The van der Waals surface area contributed by atoms with E-state index in [4.69, 9.17) is 4.42 Å². The third-order valence-corrected chi connectivity index (χ3v) is 5.69. The number of hydrogen-bond donors (Lipinski definition) is 1. The van der Waals surface area contributed by atoms with Gasteiger partial charge in [0.2, 0.25) is 5.91 Å². The van der Waals surface area contributed by atoms with Crippen molar-refractivity contribution in [2.24, 2.45) is 7.05 Å². The molecule has 1 aliphatic rings. The molecule has 0 bridgehead atoms. The van der Waals surface area contributed by atoms with E-state index in [2.05, 4.69) is 27.6 Å². The van der Waals surface area contributed by atoms with Crippen LogP contribution in [0.4, 0.5) is 0 Å². The van der Waals surface area contributed by atoms with Gasteiger partial charge in [0.05, 0.1) is 5.75 Å². The molecule has 0 aliphatic heterocycles. The molecule has 1 aliphatic carbocycles. The molecule has 0 atom stereocenters. The molecule has 7 heteroatoms. The number of thioether (sulfide) groups is 1. The number of aromatic nitrogens is 3. The van der Waals surface area contributed by atoms with Crippen molar-refractivity contribution in [1.82, 2.24) is 20.1 Å². The van der Waals surface area contributed by atoms with E-state index in [1.165, 1.54) is 31.0 Å². The summed E-state index contributed by atoms with van der Waals surface area (Å²) < 4.78 is 7.80. The Kier molecular flexibility index (Phi) is 4.97. The zero-order chi connectivity index (χ0) is 17.9. The van der Waals surface area contributed by atoms with Gasteiger partial charge in [-0.1, -0.05) is 49.2 Å². The first kappa shape index (κ1) is 17.1. The summed E-state index contributed by atoms with van der Waals surface area (Å²) in [5.74, 6) is 0.804. The summed E-state index contributed by atoms with van der Waals surface area (Å²) >= 11 is 1.28. The van der Waals surface area contributed by atoms with Crippen LogP contribution in [-0.2, 0) is 11.8 Å². The molecule has 1 N–H and O–H groups in total. The number of carbonyl (C=O) groups is 1. The Morgan fingerprint density at radius 2 is 2.08 bits per heavy atom. The number of para-hydroxylation sites is 1. The highest BCUT2D eigenvalue weighted by atomic mass is 32.2. The number of amides is 1. The molecule has 1 fully saturated rings. The summed E-state index contributed by atoms with van der Waals surface area (Å²) in [6.07, 6.45) is 5.86. The minimum absolute atomic E-state index is 0.0336. The lowest BCUT2D eigenvalue weighted by molar-refractivity contribution is -0.119. The second-order valence-electron chi connectivity index (χ2n) is 6.71. The maximum absolute atomic E-state index is 12.1. The van der Waals surface area contributed by atoms with Gasteiger partial charge in [-0.2, -0.15) is 0 Å². The van der Waals surface area contributed by atoms with Crippen molar-refractivity contribution >= 4 is 28.6 Å². The van der Waals surface area contributed by atoms with Crippen molar-refractivity contribution in [1.29, 1.82) is 0 Å². The Bertz CT molecular complexity index is 911. The average molecular weight is 370 g/mol. The van der Waals surface area contributed by atoms with Gasteiger partial charge in [-0.25, -0.2) is 0 Å². The van der Waals surface area contributed by atoms with Crippen molar-refractivity contribution in [3.05, 3.63) is 30.3 Å². The van der Waals surface area contributed by atoms with Crippen LogP contribution >= 0.6 is 11.8 Å². The van der Waals surface area contributed by atoms with Crippen molar-refractivity contribution < 1.29 is 9.21 Å². The minimum atomic E-state index is 0.0336. The topological polar surface area (TPSA) is 73.0 Å². The van der Waals surface area contributed by atoms with E-state index in [1.807, 2.05) is 29.8 Å². The van der Waals surface area contributed by atoms with Crippen LogP contribution in [0.25, 0.3) is 22.5 Å². The number of rotatable bonds is 5. The molecule has 2 heterocycles. The molecule has 1 aromatic carbocycles. The number of nitrogens with one attached hydrogen (secondary N) is 1. The molecule has 0 unspecified atom stereocenters. The number of carbonyl (C=O) groups excluding carboxylic acids is 1. The highest BCUT2D eigenvalue weighted by molar-refractivity contribution is 7.99. The van der Waals surface area contributed by atoms with Crippen molar-refractivity contribution in [3.63, 3.8) is 0 Å². The van der Waals surface area contributed by atoms with E-state index in [-0.39, 0.29) is 5.91 Å². The molecule has 1 amide bonds. The third-order valence-electron chi connectivity index (χ3n) is 4.87. The van der Waals surface area contributed by atoms with Crippen molar-refractivity contribution in [2.75, 3.05) is 5.75 Å². The maximum Gasteiger partial charge on any atom is 0.277 e. The van der Waals surface area contributed by atoms with E-state index in [0.717, 1.165) is 29.4 Å². The summed E-state index contributed by atoms with van der Waals surface area (Å²) in [4.78, 5) is 12.1. The average Bonchev–Trinajstić information content (AvgIpc) is 3.26. The number of nitrogens with zero attached hydrogens (tertiary/aromatic N) is 3. The van der Waals surface area contributed by atoms with Gasteiger partial charge in [-0.05, 0) is 25.0 Å². The lowest BCUT2D eigenvalue weighted by atomic mass is 9.95. The van der Waals surface area contributed by atoms with Gasteiger partial charge < -0.3 is 14.3 Å². The fourth-order valence-corrected chi connectivity index (χ4v) is 4.08. The van der Waals surface area contributed by atoms with Gasteiger partial charge in [0.15, 0.2) is 0 Å². The van der Waals surface area contributed by atoms with Gasteiger partial charge >= 0.3 is 0 Å². The number of benzene rings is 1. The summed E-state index contributed by atoms with van der Waals surface area (Å²) in [5.41, 5.74) is 1.99. The van der Waals surface area contributed by atoms with Gasteiger partial charge in [0.25, 0.3) is 11.1 Å². The minimum Gasteiger partial charge on any atom is -0.410 e. The smallest absolute Gasteiger partial charge is 0.277 e. The highest BCUT2D eigenvalue weighted by Crippen LogP contribution is 2.28. The van der Waals surface area contributed by atoms with Crippen LogP contribution in [0.3, 0.4) is 0 Å². The first-order valence-corrected chi connectivity index (χ1v) is 10.00. The van der Waals surface area contributed by atoms with Crippen molar-refractivity contribution in [3.8, 4) is 11.6 Å². The number of fused-ring (bicyclic) bond motifs is 1. The normalized spacial score (nSPS) is 15.4. The zero-order valence-corrected chi connectivity index (χ0v) is 15.6. The standard InChI is InChI=1S/C19H22N4O2S/c1-23-15-10-6-5-7-13(15)11-16(23)18-21-22-19(25-18)26-12-17(24)20-14-8-3-2-4-9-14/h5-7,10-11,14H,2-4,8-9,12H2,1H3,(H,20,24). The highest BCUT2D eigenvalue weighted by Gasteiger charge is 2.18. The summed E-state index contributed by atoms with van der Waals surface area (Å²) in [7, 11) is 1.98. The first-order chi connectivity index (χ1) is 12.7. The third kappa shape index (κ3) is 3.62. The molecule has 0 saturated heterocycles. The molecule has 2 aromatic heterocycles. The molecule has 4 rings (SSSR count). The molecule has 26 heavy (non-hydrogen) atoms. The zero-order valence-electron chi connectivity index (χ0n) is 14.8. The molecule has 0 radical (unpaired) electrons. The van der Waals surface area contributed by atoms with Crippen LogP contribution in [0.2, 0.25) is 0 Å². The summed E-state index contributed by atoms with van der Waals surface area (Å²) in [6, 6.07) is 10.5. The Labute approximate surface area is 156 Å². The molecular weight excluding hydrogens is 348 g/mol. The number of hydrogen-bond acceptors (Lipinski definition) is 5.